The SMILES string of the molecule is COC(=O)CCOCc1cccc(PCCF)c1. The zero-order chi connectivity index (χ0) is 13.2. The topological polar surface area (TPSA) is 35.5 Å². The van der Waals surface area contributed by atoms with Gasteiger partial charge in [0.1, 0.15) is 0 Å². The second-order valence-corrected chi connectivity index (χ2v) is 5.13. The lowest BCUT2D eigenvalue weighted by Gasteiger charge is -2.06. The molecule has 1 rings (SSSR count). The molecule has 0 aromatic heterocycles. The maximum atomic E-state index is 12.1. The Balaban J connectivity index is 2.31. The van der Waals surface area contributed by atoms with E-state index in [1.165, 1.54) is 7.11 Å². The summed E-state index contributed by atoms with van der Waals surface area (Å²) in [4.78, 5) is 10.9. The molecule has 0 N–H and O–H groups in total. The van der Waals surface area contributed by atoms with Gasteiger partial charge in [-0.25, -0.2) is 0 Å². The molecular weight excluding hydrogens is 254 g/mol. The van der Waals surface area contributed by atoms with Crippen LogP contribution in [-0.4, -0.2) is 32.5 Å². The molecule has 0 radical (unpaired) electrons. The molecule has 1 unspecified atom stereocenters. The molecule has 0 saturated heterocycles. The van der Waals surface area contributed by atoms with Gasteiger partial charge in [0.25, 0.3) is 0 Å². The molecule has 0 fully saturated rings. The molecule has 100 valence electrons. The number of benzene rings is 1. The Morgan fingerprint density at radius 1 is 1.44 bits per heavy atom. The summed E-state index contributed by atoms with van der Waals surface area (Å²) >= 11 is 0. The van der Waals surface area contributed by atoms with Gasteiger partial charge in [-0.3, -0.25) is 9.18 Å². The molecule has 0 aliphatic carbocycles. The van der Waals surface area contributed by atoms with Gasteiger partial charge in [0.15, 0.2) is 0 Å². The Morgan fingerprint density at radius 3 is 3.00 bits per heavy atom. The number of hydrogen-bond donors (Lipinski definition) is 0. The van der Waals surface area contributed by atoms with Gasteiger partial charge in [-0.05, 0) is 23.1 Å². The summed E-state index contributed by atoms with van der Waals surface area (Å²) in [6.07, 6.45) is 0.840. The van der Waals surface area contributed by atoms with Gasteiger partial charge in [-0.15, -0.1) is 0 Å². The van der Waals surface area contributed by atoms with E-state index in [1.807, 2.05) is 24.3 Å². The minimum Gasteiger partial charge on any atom is -0.469 e. The Kier molecular flexibility index (Phi) is 7.54. The summed E-state index contributed by atoms with van der Waals surface area (Å²) in [5.74, 6) is -0.270. The fourth-order valence-corrected chi connectivity index (χ4v) is 2.29. The highest BCUT2D eigenvalue weighted by molar-refractivity contribution is 7.47. The summed E-state index contributed by atoms with van der Waals surface area (Å²) in [6.45, 7) is 0.535. The zero-order valence-electron chi connectivity index (χ0n) is 10.4. The Labute approximate surface area is 108 Å². The van der Waals surface area contributed by atoms with Crippen LogP contribution in [-0.2, 0) is 20.9 Å². The number of ether oxygens (including phenoxy) is 2. The van der Waals surface area contributed by atoms with Gasteiger partial charge < -0.3 is 9.47 Å². The molecular formula is C13H18FO3P. The Morgan fingerprint density at radius 2 is 2.28 bits per heavy atom. The van der Waals surface area contributed by atoms with E-state index in [4.69, 9.17) is 4.74 Å². The molecule has 3 nitrogen and oxygen atoms in total. The van der Waals surface area contributed by atoms with Gasteiger partial charge in [-0.2, -0.15) is 0 Å². The van der Waals surface area contributed by atoms with E-state index < -0.39 is 0 Å². The normalized spacial score (nSPS) is 11.0. The van der Waals surface area contributed by atoms with E-state index in [9.17, 15) is 9.18 Å². The summed E-state index contributed by atoms with van der Waals surface area (Å²) < 4.78 is 22.0. The van der Waals surface area contributed by atoms with Crippen molar-refractivity contribution in [2.24, 2.45) is 0 Å². The first kappa shape index (κ1) is 15.1. The molecule has 0 saturated carbocycles. The first-order valence-electron chi connectivity index (χ1n) is 5.79. The van der Waals surface area contributed by atoms with Crippen LogP contribution in [0.3, 0.4) is 0 Å². The van der Waals surface area contributed by atoms with Gasteiger partial charge in [0.2, 0.25) is 0 Å². The van der Waals surface area contributed by atoms with Crippen molar-refractivity contribution in [2.45, 2.75) is 13.0 Å². The average Bonchev–Trinajstić information content (AvgIpc) is 2.41. The van der Waals surface area contributed by atoms with Gasteiger partial charge in [-0.1, -0.05) is 26.8 Å². The standard InChI is InChI=1S/C13H18FO3P/c1-16-13(15)5-7-17-10-11-3-2-4-12(9-11)18-8-6-14/h2-4,9,18H,5-8,10H2,1H3. The van der Waals surface area contributed by atoms with Crippen LogP contribution < -0.4 is 5.30 Å². The fourth-order valence-electron chi connectivity index (χ4n) is 1.41. The number of carbonyl (C=O) groups excluding carboxylic acids is 1. The van der Waals surface area contributed by atoms with E-state index in [2.05, 4.69) is 4.74 Å². The van der Waals surface area contributed by atoms with Gasteiger partial charge in [0.05, 0.1) is 33.4 Å². The van der Waals surface area contributed by atoms with E-state index in [0.29, 0.717) is 28.0 Å². The minimum absolute atomic E-state index is 0.264. The smallest absolute Gasteiger partial charge is 0.307 e. The van der Waals surface area contributed by atoms with Crippen molar-refractivity contribution in [3.8, 4) is 0 Å². The van der Waals surface area contributed by atoms with Crippen molar-refractivity contribution >= 4 is 19.9 Å². The lowest BCUT2D eigenvalue weighted by molar-refractivity contribution is -0.141. The molecule has 0 aliphatic heterocycles. The van der Waals surface area contributed by atoms with E-state index in [1.54, 1.807) is 0 Å². The van der Waals surface area contributed by atoms with E-state index >= 15 is 0 Å². The highest BCUT2D eigenvalue weighted by Gasteiger charge is 2.01. The van der Waals surface area contributed by atoms with Crippen molar-refractivity contribution in [1.29, 1.82) is 0 Å². The first-order valence-corrected chi connectivity index (χ1v) is 7.00. The zero-order valence-corrected chi connectivity index (χ0v) is 11.4. The maximum absolute atomic E-state index is 12.1. The molecule has 1 aromatic rings. The van der Waals surface area contributed by atoms with E-state index in [-0.39, 0.29) is 19.1 Å². The van der Waals surface area contributed by atoms with Crippen LogP contribution in [0, 0.1) is 0 Å². The predicted molar refractivity (Wildman–Crippen MR) is 71.5 cm³/mol. The molecule has 0 spiro atoms. The monoisotopic (exact) mass is 272 g/mol. The van der Waals surface area contributed by atoms with Crippen LogP contribution in [0.25, 0.3) is 0 Å². The number of esters is 1. The minimum atomic E-state index is -0.279. The molecule has 0 aliphatic rings. The summed E-state index contributed by atoms with van der Waals surface area (Å²) in [6, 6.07) is 7.92. The fraction of sp³-hybridized carbons (Fsp3) is 0.462. The van der Waals surface area contributed by atoms with Crippen LogP contribution in [0.2, 0.25) is 0 Å². The molecule has 0 bridgehead atoms. The van der Waals surface area contributed by atoms with Crippen LogP contribution in [0.5, 0.6) is 0 Å². The number of rotatable bonds is 8. The summed E-state index contributed by atoms with van der Waals surface area (Å²) in [7, 11) is 1.86. The molecule has 0 amide bonds. The van der Waals surface area contributed by atoms with Crippen LogP contribution in [0.4, 0.5) is 4.39 Å². The third kappa shape index (κ3) is 6.08. The number of alkyl halides is 1. The van der Waals surface area contributed by atoms with Crippen molar-refractivity contribution in [3.05, 3.63) is 29.8 Å². The van der Waals surface area contributed by atoms with Crippen LogP contribution >= 0.6 is 8.58 Å². The first-order chi connectivity index (χ1) is 8.76. The third-order valence-corrected chi connectivity index (χ3v) is 3.46. The summed E-state index contributed by atoms with van der Waals surface area (Å²) in [5, 5.41) is 1.14. The number of halogens is 1. The molecule has 5 heteroatoms. The lowest BCUT2D eigenvalue weighted by atomic mass is 10.2. The second-order valence-electron chi connectivity index (χ2n) is 3.69. The Hall–Kier alpha value is -0.990. The van der Waals surface area contributed by atoms with Crippen LogP contribution in [0.1, 0.15) is 12.0 Å². The number of hydrogen-bond acceptors (Lipinski definition) is 3. The van der Waals surface area contributed by atoms with Crippen molar-refractivity contribution in [2.75, 3.05) is 26.6 Å². The van der Waals surface area contributed by atoms with Crippen molar-refractivity contribution in [1.82, 2.24) is 0 Å². The van der Waals surface area contributed by atoms with Gasteiger partial charge in [0, 0.05) is 0 Å². The second kappa shape index (κ2) is 9.01. The number of carbonyl (C=O) groups is 1. The predicted octanol–water partition coefficient (Wildman–Crippen LogP) is 2.04. The highest BCUT2D eigenvalue weighted by atomic mass is 31.1. The highest BCUT2D eigenvalue weighted by Crippen LogP contribution is 2.11. The maximum Gasteiger partial charge on any atom is 0.307 e. The van der Waals surface area contributed by atoms with Crippen molar-refractivity contribution < 1.29 is 18.7 Å². The largest absolute Gasteiger partial charge is 0.469 e. The molecule has 1 aromatic carbocycles. The van der Waals surface area contributed by atoms with Crippen molar-refractivity contribution in [3.63, 3.8) is 0 Å². The average molecular weight is 272 g/mol. The van der Waals surface area contributed by atoms with Gasteiger partial charge >= 0.3 is 5.97 Å². The Bertz CT molecular complexity index is 371. The number of methoxy groups -OCH3 is 1. The molecule has 1 atom stereocenters. The molecule has 18 heavy (non-hydrogen) atoms. The third-order valence-electron chi connectivity index (χ3n) is 2.30. The van der Waals surface area contributed by atoms with E-state index in [0.717, 1.165) is 10.9 Å². The lowest BCUT2D eigenvalue weighted by Crippen LogP contribution is -2.06. The molecule has 0 heterocycles. The van der Waals surface area contributed by atoms with Crippen LogP contribution in [0.15, 0.2) is 24.3 Å². The summed E-state index contributed by atoms with van der Waals surface area (Å²) in [5.41, 5.74) is 1.05. The quantitative estimate of drug-likeness (QED) is 0.413.